The van der Waals surface area contributed by atoms with Gasteiger partial charge in [-0.05, 0) is 108 Å². The Kier molecular flexibility index (Phi) is 5.98. The van der Waals surface area contributed by atoms with E-state index in [4.69, 9.17) is 29.4 Å². The van der Waals surface area contributed by atoms with Crippen LogP contribution in [0, 0.1) is 13.7 Å². The van der Waals surface area contributed by atoms with Crippen molar-refractivity contribution >= 4 is 44.6 Å². The molecule has 0 amide bonds. The van der Waals surface area contributed by atoms with Crippen LogP contribution in [0.1, 0.15) is 63.5 Å². The van der Waals surface area contributed by atoms with E-state index < -0.39 is 67.5 Å². The van der Waals surface area contributed by atoms with Gasteiger partial charge in [-0.2, -0.15) is 0 Å². The van der Waals surface area contributed by atoms with E-state index in [1.54, 1.807) is 77.4 Å². The number of rotatable bonds is 8. The average molecular weight is 862 g/mol. The Bertz CT molecular complexity index is 4320. The second-order valence-corrected chi connectivity index (χ2v) is 16.8. The number of ether oxygens (including phenoxy) is 1. The molecule has 0 N–H and O–H groups in total. The Balaban J connectivity index is 1.05. The smallest absolute Gasteiger partial charge is 0.137 e. The lowest BCUT2D eigenvalue weighted by atomic mass is 9.88. The minimum atomic E-state index is -2.72. The fraction of sp³-hybridized carbons (Fsp3) is 0.117. The van der Waals surface area contributed by atoms with Crippen molar-refractivity contribution in [1.29, 1.82) is 0 Å². The summed E-state index contributed by atoms with van der Waals surface area (Å²) in [6, 6.07) is 28.4. The van der Waals surface area contributed by atoms with E-state index in [-0.39, 0.29) is 76.2 Å². The van der Waals surface area contributed by atoms with Crippen molar-refractivity contribution in [1.82, 2.24) is 9.55 Å². The molecule has 0 fully saturated rings. The van der Waals surface area contributed by atoms with Crippen LogP contribution in [-0.2, 0) is 5.41 Å². The second kappa shape index (κ2) is 16.0. The lowest BCUT2D eigenvalue weighted by Crippen LogP contribution is -2.25. The lowest BCUT2D eigenvalue weighted by molar-refractivity contribution is 0.483. The zero-order chi connectivity index (χ0) is 60.5. The van der Waals surface area contributed by atoms with Gasteiger partial charge in [-0.1, -0.05) is 153 Å². The van der Waals surface area contributed by atoms with Gasteiger partial charge in [0.25, 0.3) is 0 Å². The van der Waals surface area contributed by atoms with Gasteiger partial charge in [0.2, 0.25) is 0 Å². The number of aromatic nitrogens is 2. The van der Waals surface area contributed by atoms with Crippen molar-refractivity contribution in [3.05, 3.63) is 217 Å². The van der Waals surface area contributed by atoms with Gasteiger partial charge in [0.1, 0.15) is 24.0 Å². The molecule has 1 aliphatic rings. The van der Waals surface area contributed by atoms with E-state index in [2.05, 4.69) is 4.98 Å². The first-order valence-electron chi connectivity index (χ1n) is 30.4. The maximum Gasteiger partial charge on any atom is 0.137 e. The van der Waals surface area contributed by atoms with Crippen molar-refractivity contribution in [3.63, 3.8) is 0 Å². The molecular formula is C60H50N4O. The van der Waals surface area contributed by atoms with Gasteiger partial charge in [0.15, 0.2) is 0 Å². The van der Waals surface area contributed by atoms with E-state index in [1.165, 1.54) is 12.1 Å². The van der Waals surface area contributed by atoms with Gasteiger partial charge in [-0.25, -0.2) is 4.98 Å². The van der Waals surface area contributed by atoms with E-state index in [0.29, 0.717) is 72.7 Å². The summed E-state index contributed by atoms with van der Waals surface area (Å²) in [7, 11) is 0. The number of benzene rings is 8. The topological polar surface area (TPSA) is 33.5 Å². The van der Waals surface area contributed by atoms with Crippen LogP contribution < -0.4 is 14.5 Å². The summed E-state index contributed by atoms with van der Waals surface area (Å²) in [5, 5.41) is 1.18. The Morgan fingerprint density at radius 3 is 2.00 bits per heavy atom. The Morgan fingerprint density at radius 1 is 0.569 bits per heavy atom. The summed E-state index contributed by atoms with van der Waals surface area (Å²) >= 11 is 0. The van der Waals surface area contributed by atoms with Gasteiger partial charge < -0.3 is 14.5 Å². The molecule has 3 heterocycles. The number of fused-ring (bicyclic) bond motifs is 4. The number of hydrogen-bond donors (Lipinski definition) is 0. The number of pyridine rings is 1. The second-order valence-electron chi connectivity index (χ2n) is 16.8. The summed E-state index contributed by atoms with van der Waals surface area (Å²) in [5.41, 5.74) is 3.20. The highest BCUT2D eigenvalue weighted by Gasteiger charge is 2.31. The molecule has 0 atom stereocenters. The third-order valence-corrected chi connectivity index (χ3v) is 11.5. The largest absolute Gasteiger partial charge is 0.457 e. The van der Waals surface area contributed by atoms with Crippen molar-refractivity contribution in [2.75, 3.05) is 16.5 Å². The molecular weight excluding hydrogens is 793 g/mol. The summed E-state index contributed by atoms with van der Waals surface area (Å²) in [6.45, 7) is 0.132. The average Bonchev–Trinajstić information content (AvgIpc) is 1.80. The van der Waals surface area contributed by atoms with Gasteiger partial charge in [-0.3, -0.25) is 4.57 Å². The van der Waals surface area contributed by atoms with Crippen LogP contribution in [0.15, 0.2) is 200 Å². The van der Waals surface area contributed by atoms with Crippen molar-refractivity contribution < 1.29 is 30.8 Å². The molecule has 5 nitrogen and oxygen atoms in total. The molecule has 1 aliphatic heterocycles. The molecule has 0 bridgehead atoms. The first kappa shape index (κ1) is 24.2. The molecule has 0 unspecified atom stereocenters. The summed E-state index contributed by atoms with van der Waals surface area (Å²) in [4.78, 5) is 8.36. The maximum atomic E-state index is 9.53. The lowest BCUT2D eigenvalue weighted by Gasteiger charge is -2.27. The van der Waals surface area contributed by atoms with Gasteiger partial charge >= 0.3 is 0 Å². The first-order chi connectivity index (χ1) is 39.5. The summed E-state index contributed by atoms with van der Waals surface area (Å²) in [6.07, 6.45) is -0.345. The number of anilines is 4. The fourth-order valence-corrected chi connectivity index (χ4v) is 8.55. The highest BCUT2D eigenvalue weighted by Crippen LogP contribution is 2.50. The predicted octanol–water partition coefficient (Wildman–Crippen LogP) is 16.1. The monoisotopic (exact) mass is 862 g/mol. The van der Waals surface area contributed by atoms with Gasteiger partial charge in [0, 0.05) is 54.1 Å². The Hall–Kier alpha value is -7.89. The third kappa shape index (κ3) is 7.39. The Labute approximate surface area is 408 Å². The van der Waals surface area contributed by atoms with Crippen LogP contribution in [0.3, 0.4) is 0 Å². The summed E-state index contributed by atoms with van der Waals surface area (Å²) in [5.74, 6) is 0.762. The number of para-hydroxylation sites is 3. The highest BCUT2D eigenvalue weighted by molar-refractivity contribution is 6.11. The van der Waals surface area contributed by atoms with Crippen molar-refractivity contribution in [3.8, 4) is 50.7 Å². The molecule has 10 aromatic rings. The normalized spacial score (nSPS) is 17.1. The molecule has 0 saturated heterocycles. The van der Waals surface area contributed by atoms with Crippen LogP contribution >= 0.6 is 0 Å². The molecule has 0 aliphatic carbocycles. The van der Waals surface area contributed by atoms with Gasteiger partial charge in [0.05, 0.1) is 45.9 Å². The third-order valence-electron chi connectivity index (χ3n) is 11.5. The molecule has 0 radical (unpaired) electrons. The molecule has 11 rings (SSSR count). The van der Waals surface area contributed by atoms with E-state index >= 15 is 0 Å². The molecule has 65 heavy (non-hydrogen) atoms. The molecule has 5 heteroatoms. The summed E-state index contributed by atoms with van der Waals surface area (Å²) < 4.78 is 172. The van der Waals surface area contributed by atoms with Crippen molar-refractivity contribution in [2.45, 2.75) is 39.9 Å². The molecule has 2 aromatic heterocycles. The molecule has 8 aromatic carbocycles. The zero-order valence-corrected chi connectivity index (χ0v) is 35.5. The highest BCUT2D eigenvalue weighted by atomic mass is 16.5. The minimum Gasteiger partial charge on any atom is -0.457 e. The first-order valence-corrected chi connectivity index (χ1v) is 20.9. The SMILES string of the molecule is [2H]c1nc(-n2c3ccc(-c4c([2H])c([2H])c([2H])c([2H])c4[2H])cc3c3ccc(Oc4cccc(N5CN(c6c(-c7cc(C([2H])([2H])[2H])cc(C([2H])([2H])[2H])c7)cccc6-c6c([2H])c([2H])c([2H])c([2H])c6[2H])c6ccccc65)c4)cc32)c([2H])c(C(C)(C)C)c1[2H]. The van der Waals surface area contributed by atoms with Crippen molar-refractivity contribution in [2.24, 2.45) is 0 Å². The fourth-order valence-electron chi connectivity index (χ4n) is 8.55. The molecule has 0 saturated carbocycles. The minimum absolute atomic E-state index is 0.00203. The van der Waals surface area contributed by atoms with E-state index in [9.17, 15) is 1.37 Å². The van der Waals surface area contributed by atoms with Crippen LogP contribution in [0.4, 0.5) is 22.7 Å². The quantitative estimate of drug-likeness (QED) is 0.152. The number of nitrogens with zero attached hydrogens (tertiary/aromatic N) is 4. The Morgan fingerprint density at radius 2 is 1.26 bits per heavy atom. The van der Waals surface area contributed by atoms with E-state index in [0.717, 1.165) is 6.07 Å². The van der Waals surface area contributed by atoms with E-state index in [1.807, 2.05) is 60.9 Å². The maximum absolute atomic E-state index is 9.53. The van der Waals surface area contributed by atoms with Crippen LogP contribution in [0.25, 0.3) is 61.0 Å². The number of aryl methyl sites for hydroxylation is 2. The van der Waals surface area contributed by atoms with Crippen LogP contribution in [0.2, 0.25) is 0 Å². The zero-order valence-electron chi connectivity index (χ0n) is 54.5. The standard InChI is InChI=1S/C60H50N4O/c1-40-32-41(2)34-45(33-40)51-23-15-22-50(43-18-10-7-11-19-43)59(51)63-39-62(55-24-12-13-25-56(55)63)47-20-14-21-48(37-47)65-49-27-28-52-53-35-44(42-16-8-6-9-17-42)26-29-54(53)64(57(52)38-49)58-36-46(30-31-61-58)60(3,4)5/h6-38H,39H2,1-5H3/i1D3,2D3,6D,7D,8D,9D,10D,11D,16D,17D,18D,19D,30D,31D,36D. The van der Waals surface area contributed by atoms with Crippen LogP contribution in [-0.4, -0.2) is 16.2 Å². The predicted molar refractivity (Wildman–Crippen MR) is 272 cm³/mol. The number of hydrogen-bond acceptors (Lipinski definition) is 4. The molecule has 0 spiro atoms. The van der Waals surface area contributed by atoms with Crippen LogP contribution in [0.5, 0.6) is 11.5 Å². The molecule has 316 valence electrons. The van der Waals surface area contributed by atoms with Gasteiger partial charge in [-0.15, -0.1) is 0 Å².